The number of hydrogen-bond donors (Lipinski definition) is 3. The van der Waals surface area contributed by atoms with E-state index in [9.17, 15) is 14.3 Å². The summed E-state index contributed by atoms with van der Waals surface area (Å²) in [6, 6.07) is 0.885. The molecule has 0 aliphatic carbocycles. The Labute approximate surface area is 98.3 Å². The minimum absolute atomic E-state index is 0.0322. The Morgan fingerprint density at radius 2 is 2.18 bits per heavy atom. The predicted molar refractivity (Wildman–Crippen MR) is 60.5 cm³/mol. The van der Waals surface area contributed by atoms with Crippen LogP contribution in [0.3, 0.4) is 0 Å². The van der Waals surface area contributed by atoms with Gasteiger partial charge in [-0.3, -0.25) is 0 Å². The van der Waals surface area contributed by atoms with Crippen molar-refractivity contribution in [2.45, 2.75) is 32.4 Å². The van der Waals surface area contributed by atoms with Crippen molar-refractivity contribution in [3.05, 3.63) is 23.6 Å². The lowest BCUT2D eigenvalue weighted by Gasteiger charge is -2.30. The maximum Gasteiger partial charge on any atom is 0.339 e. The van der Waals surface area contributed by atoms with Gasteiger partial charge in [0.25, 0.3) is 0 Å². The highest BCUT2D eigenvalue weighted by Crippen LogP contribution is 2.20. The second kappa shape index (κ2) is 4.67. The van der Waals surface area contributed by atoms with E-state index < -0.39 is 23.4 Å². The van der Waals surface area contributed by atoms with Gasteiger partial charge >= 0.3 is 5.97 Å². The molecule has 0 saturated carbocycles. The number of nitrogens with zero attached hydrogens (tertiary/aromatic N) is 1. The summed E-state index contributed by atoms with van der Waals surface area (Å²) >= 11 is 0. The standard InChI is InChI=1S/C11H15FN2O3/c1-6(15)11(2,3)14-9-8(10(16)17)4-7(12)5-13-9/h4-6,15H,1-3H3,(H,13,14)(H,16,17). The molecule has 0 aliphatic heterocycles. The molecule has 0 fully saturated rings. The first-order valence-electron chi connectivity index (χ1n) is 5.09. The highest BCUT2D eigenvalue weighted by molar-refractivity contribution is 5.93. The molecule has 1 unspecified atom stereocenters. The first-order valence-corrected chi connectivity index (χ1v) is 5.09. The predicted octanol–water partition coefficient (Wildman–Crippen LogP) is 1.49. The number of nitrogens with one attached hydrogen (secondary N) is 1. The van der Waals surface area contributed by atoms with Crippen molar-refractivity contribution in [2.75, 3.05) is 5.32 Å². The van der Waals surface area contributed by atoms with Gasteiger partial charge in [0.1, 0.15) is 17.2 Å². The number of anilines is 1. The molecule has 5 nitrogen and oxygen atoms in total. The van der Waals surface area contributed by atoms with Crippen LogP contribution < -0.4 is 5.32 Å². The zero-order valence-corrected chi connectivity index (χ0v) is 9.86. The van der Waals surface area contributed by atoms with Crippen LogP contribution in [-0.2, 0) is 0 Å². The molecule has 0 amide bonds. The average molecular weight is 242 g/mol. The lowest BCUT2D eigenvalue weighted by Crippen LogP contribution is -2.42. The normalized spacial score (nSPS) is 13.2. The van der Waals surface area contributed by atoms with Gasteiger partial charge in [-0.1, -0.05) is 0 Å². The maximum atomic E-state index is 12.9. The number of halogens is 1. The Morgan fingerprint density at radius 1 is 1.59 bits per heavy atom. The molecule has 1 rings (SSSR count). The summed E-state index contributed by atoms with van der Waals surface area (Å²) in [6.45, 7) is 4.94. The van der Waals surface area contributed by atoms with E-state index in [4.69, 9.17) is 5.11 Å². The average Bonchev–Trinajstić information content (AvgIpc) is 2.19. The number of aromatic nitrogens is 1. The van der Waals surface area contributed by atoms with E-state index in [2.05, 4.69) is 10.3 Å². The van der Waals surface area contributed by atoms with E-state index in [0.717, 1.165) is 12.3 Å². The zero-order chi connectivity index (χ0) is 13.2. The van der Waals surface area contributed by atoms with Gasteiger partial charge in [0.15, 0.2) is 0 Å². The third-order valence-corrected chi connectivity index (χ3v) is 2.57. The van der Waals surface area contributed by atoms with E-state index in [1.807, 2.05) is 0 Å². The molecule has 0 aromatic carbocycles. The Kier molecular flexibility index (Phi) is 3.67. The lowest BCUT2D eigenvalue weighted by molar-refractivity contribution is 0.0696. The molecule has 1 heterocycles. The van der Waals surface area contributed by atoms with E-state index in [-0.39, 0.29) is 11.4 Å². The van der Waals surface area contributed by atoms with Crippen LogP contribution in [-0.4, -0.2) is 32.8 Å². The molecular weight excluding hydrogens is 227 g/mol. The van der Waals surface area contributed by atoms with Crippen LogP contribution >= 0.6 is 0 Å². The smallest absolute Gasteiger partial charge is 0.339 e. The van der Waals surface area contributed by atoms with Crippen LogP contribution in [0.4, 0.5) is 10.2 Å². The van der Waals surface area contributed by atoms with Crippen LogP contribution in [0.5, 0.6) is 0 Å². The first-order chi connectivity index (χ1) is 7.74. The summed E-state index contributed by atoms with van der Waals surface area (Å²) in [5.41, 5.74) is -1.03. The highest BCUT2D eigenvalue weighted by Gasteiger charge is 2.26. The minimum Gasteiger partial charge on any atom is -0.478 e. The van der Waals surface area contributed by atoms with Crippen molar-refractivity contribution in [3.8, 4) is 0 Å². The third kappa shape index (κ3) is 3.13. The van der Waals surface area contributed by atoms with Crippen LogP contribution in [0.2, 0.25) is 0 Å². The Balaban J connectivity index is 3.11. The van der Waals surface area contributed by atoms with E-state index >= 15 is 0 Å². The number of carboxylic acid groups (broad SMARTS) is 1. The lowest BCUT2D eigenvalue weighted by atomic mass is 9.98. The SMILES string of the molecule is CC(O)C(C)(C)Nc1ncc(F)cc1C(=O)O. The van der Waals surface area contributed by atoms with E-state index in [1.165, 1.54) is 0 Å². The molecule has 0 aliphatic rings. The molecule has 0 radical (unpaired) electrons. The van der Waals surface area contributed by atoms with Gasteiger partial charge < -0.3 is 15.5 Å². The van der Waals surface area contributed by atoms with Gasteiger partial charge in [0.2, 0.25) is 0 Å². The number of hydrogen-bond acceptors (Lipinski definition) is 4. The number of aromatic carboxylic acids is 1. The molecule has 94 valence electrons. The Hall–Kier alpha value is -1.69. The van der Waals surface area contributed by atoms with Gasteiger partial charge in [0.05, 0.1) is 17.8 Å². The number of aliphatic hydroxyl groups is 1. The number of carboxylic acids is 1. The second-order valence-corrected chi connectivity index (χ2v) is 4.38. The summed E-state index contributed by atoms with van der Waals surface area (Å²) in [7, 11) is 0. The summed E-state index contributed by atoms with van der Waals surface area (Å²) in [4.78, 5) is 14.6. The number of pyridine rings is 1. The Morgan fingerprint density at radius 3 is 2.65 bits per heavy atom. The Bertz CT molecular complexity index is 433. The van der Waals surface area contributed by atoms with Gasteiger partial charge in [-0.05, 0) is 26.8 Å². The van der Waals surface area contributed by atoms with Crippen molar-refractivity contribution < 1.29 is 19.4 Å². The number of rotatable bonds is 4. The highest BCUT2D eigenvalue weighted by atomic mass is 19.1. The van der Waals surface area contributed by atoms with Crippen LogP contribution in [0.25, 0.3) is 0 Å². The molecule has 17 heavy (non-hydrogen) atoms. The molecule has 0 bridgehead atoms. The number of carbonyl (C=O) groups is 1. The molecule has 1 atom stereocenters. The van der Waals surface area contributed by atoms with Crippen molar-refractivity contribution >= 4 is 11.8 Å². The summed E-state index contributed by atoms with van der Waals surface area (Å²) in [5.74, 6) is -1.96. The van der Waals surface area contributed by atoms with Gasteiger partial charge in [-0.15, -0.1) is 0 Å². The van der Waals surface area contributed by atoms with Crippen LogP contribution in [0, 0.1) is 5.82 Å². The monoisotopic (exact) mass is 242 g/mol. The van der Waals surface area contributed by atoms with Crippen molar-refractivity contribution in [3.63, 3.8) is 0 Å². The topological polar surface area (TPSA) is 82.5 Å². The summed E-state index contributed by atoms with van der Waals surface area (Å²) in [6.07, 6.45) is 0.198. The first kappa shape index (κ1) is 13.4. The molecular formula is C11H15FN2O3. The molecule has 0 saturated heterocycles. The van der Waals surface area contributed by atoms with Crippen LogP contribution in [0.1, 0.15) is 31.1 Å². The van der Waals surface area contributed by atoms with Gasteiger partial charge in [-0.2, -0.15) is 0 Å². The quantitative estimate of drug-likeness (QED) is 0.745. The fourth-order valence-electron chi connectivity index (χ4n) is 1.11. The molecule has 1 aromatic rings. The minimum atomic E-state index is -1.28. The summed E-state index contributed by atoms with van der Waals surface area (Å²) in [5, 5.41) is 21.2. The summed E-state index contributed by atoms with van der Waals surface area (Å²) < 4.78 is 12.9. The molecule has 6 heteroatoms. The molecule has 0 spiro atoms. The third-order valence-electron chi connectivity index (χ3n) is 2.57. The molecule has 3 N–H and O–H groups in total. The van der Waals surface area contributed by atoms with E-state index in [1.54, 1.807) is 20.8 Å². The zero-order valence-electron chi connectivity index (χ0n) is 9.86. The largest absolute Gasteiger partial charge is 0.478 e. The maximum absolute atomic E-state index is 12.9. The molecule has 1 aromatic heterocycles. The second-order valence-electron chi connectivity index (χ2n) is 4.38. The van der Waals surface area contributed by atoms with Crippen molar-refractivity contribution in [1.82, 2.24) is 4.98 Å². The van der Waals surface area contributed by atoms with Crippen molar-refractivity contribution in [1.29, 1.82) is 0 Å². The van der Waals surface area contributed by atoms with Gasteiger partial charge in [0, 0.05) is 0 Å². The van der Waals surface area contributed by atoms with E-state index in [0.29, 0.717) is 0 Å². The fraction of sp³-hybridized carbons (Fsp3) is 0.455. The number of aliphatic hydroxyl groups excluding tert-OH is 1. The fourth-order valence-corrected chi connectivity index (χ4v) is 1.11. The van der Waals surface area contributed by atoms with Gasteiger partial charge in [-0.25, -0.2) is 14.2 Å². The van der Waals surface area contributed by atoms with Crippen LogP contribution in [0.15, 0.2) is 12.3 Å². The van der Waals surface area contributed by atoms with Crippen molar-refractivity contribution in [2.24, 2.45) is 0 Å².